The van der Waals surface area contributed by atoms with Crippen LogP contribution in [0.15, 0.2) is 18.7 Å². The lowest BCUT2D eigenvalue weighted by molar-refractivity contribution is 0.0375. The van der Waals surface area contributed by atoms with E-state index < -0.39 is 0 Å². The highest BCUT2D eigenvalue weighted by Crippen LogP contribution is 2.45. The van der Waals surface area contributed by atoms with Crippen molar-refractivity contribution in [3.05, 3.63) is 35.4 Å². The third-order valence-electron chi connectivity index (χ3n) is 5.67. The molecule has 1 aliphatic heterocycles. The summed E-state index contributed by atoms with van der Waals surface area (Å²) in [5, 5.41) is 0. The minimum absolute atomic E-state index is 0.0720. The molecule has 1 aliphatic carbocycles. The van der Waals surface area contributed by atoms with Gasteiger partial charge >= 0.3 is 6.92 Å². The third kappa shape index (κ3) is 1.97. The predicted molar refractivity (Wildman–Crippen MR) is 87.7 cm³/mol. The van der Waals surface area contributed by atoms with Gasteiger partial charge < -0.3 is 4.65 Å². The van der Waals surface area contributed by atoms with Gasteiger partial charge in [0.05, 0.1) is 5.60 Å². The highest BCUT2D eigenvalue weighted by Gasteiger charge is 2.50. The zero-order chi connectivity index (χ0) is 14.5. The van der Waals surface area contributed by atoms with Gasteiger partial charge in [0.1, 0.15) is 0 Å². The highest BCUT2D eigenvalue weighted by molar-refractivity contribution is 6.69. The van der Waals surface area contributed by atoms with Crippen LogP contribution in [0, 0.1) is 5.41 Å². The molecule has 0 saturated carbocycles. The van der Waals surface area contributed by atoms with Gasteiger partial charge in [-0.3, -0.25) is 0 Å². The van der Waals surface area contributed by atoms with E-state index >= 15 is 0 Å². The molecule has 1 fully saturated rings. The first-order valence-corrected chi connectivity index (χ1v) is 7.81. The van der Waals surface area contributed by atoms with Crippen molar-refractivity contribution in [2.75, 3.05) is 0 Å². The van der Waals surface area contributed by atoms with Crippen molar-refractivity contribution in [3.63, 3.8) is 0 Å². The van der Waals surface area contributed by atoms with E-state index in [2.05, 4.69) is 46.4 Å². The fourth-order valence-electron chi connectivity index (χ4n) is 3.70. The van der Waals surface area contributed by atoms with Crippen molar-refractivity contribution in [1.82, 2.24) is 0 Å². The van der Waals surface area contributed by atoms with Gasteiger partial charge in [0, 0.05) is 0 Å². The second-order valence-corrected chi connectivity index (χ2v) is 7.47. The Balaban J connectivity index is 2.08. The summed E-state index contributed by atoms with van der Waals surface area (Å²) >= 11 is 0. The fraction of sp³-hybridized carbons (Fsp3) is 0.556. The van der Waals surface area contributed by atoms with Crippen LogP contribution in [0.3, 0.4) is 0 Å². The standard InChI is InChI=1S/C18H25BO/c1-6-13-10-11-14-8-7-9-15(14)16(13)19-12-17(2,3)18(4,5)20-19/h6,10-11H,1,7-9,12H2,2-5H3. The van der Waals surface area contributed by atoms with Gasteiger partial charge in [0.15, 0.2) is 0 Å². The summed E-state index contributed by atoms with van der Waals surface area (Å²) < 4.78 is 6.47. The Morgan fingerprint density at radius 3 is 2.55 bits per heavy atom. The van der Waals surface area contributed by atoms with E-state index in [0.29, 0.717) is 0 Å². The predicted octanol–water partition coefficient (Wildman–Crippen LogP) is 3.85. The van der Waals surface area contributed by atoms with Crippen LogP contribution in [-0.2, 0) is 17.5 Å². The molecule has 0 amide bonds. The fourth-order valence-corrected chi connectivity index (χ4v) is 3.70. The van der Waals surface area contributed by atoms with E-state index in [1.165, 1.54) is 35.9 Å². The molecule has 1 saturated heterocycles. The van der Waals surface area contributed by atoms with Gasteiger partial charge in [-0.25, -0.2) is 0 Å². The molecule has 106 valence electrons. The molecule has 20 heavy (non-hydrogen) atoms. The van der Waals surface area contributed by atoms with Gasteiger partial charge in [-0.1, -0.05) is 38.6 Å². The number of hydrogen-bond acceptors (Lipinski definition) is 1. The Hall–Kier alpha value is -1.02. The molecule has 2 aliphatic rings. The van der Waals surface area contributed by atoms with Crippen LogP contribution < -0.4 is 5.46 Å². The lowest BCUT2D eigenvalue weighted by Crippen LogP contribution is -2.38. The van der Waals surface area contributed by atoms with E-state index in [0.717, 1.165) is 6.32 Å². The molecule has 1 nitrogen and oxygen atoms in total. The van der Waals surface area contributed by atoms with E-state index in [9.17, 15) is 0 Å². The number of fused-ring (bicyclic) bond motifs is 1. The van der Waals surface area contributed by atoms with Crippen LogP contribution >= 0.6 is 0 Å². The molecule has 0 bridgehead atoms. The largest absolute Gasteiger partial charge is 0.425 e. The SMILES string of the molecule is C=Cc1ccc2c(c1B1CC(C)(C)C(C)(C)O1)CCC2. The summed E-state index contributed by atoms with van der Waals surface area (Å²) in [5.41, 5.74) is 5.89. The molecule has 1 heterocycles. The maximum absolute atomic E-state index is 6.47. The van der Waals surface area contributed by atoms with E-state index in [-0.39, 0.29) is 17.9 Å². The Labute approximate surface area is 123 Å². The summed E-state index contributed by atoms with van der Waals surface area (Å²) in [6.07, 6.45) is 6.79. The Morgan fingerprint density at radius 2 is 1.95 bits per heavy atom. The zero-order valence-corrected chi connectivity index (χ0v) is 13.3. The second kappa shape index (κ2) is 4.49. The highest BCUT2D eigenvalue weighted by atomic mass is 16.5. The van der Waals surface area contributed by atoms with Gasteiger partial charge in [0.2, 0.25) is 0 Å². The molecule has 2 heteroatoms. The third-order valence-corrected chi connectivity index (χ3v) is 5.67. The van der Waals surface area contributed by atoms with Crippen LogP contribution in [-0.4, -0.2) is 12.5 Å². The van der Waals surface area contributed by atoms with Crippen molar-refractivity contribution in [2.45, 2.75) is 58.9 Å². The Kier molecular flexibility index (Phi) is 3.13. The smallest absolute Gasteiger partial charge is 0.328 e. The van der Waals surface area contributed by atoms with Gasteiger partial charge in [-0.2, -0.15) is 0 Å². The molecule has 3 rings (SSSR count). The average Bonchev–Trinajstić information content (AvgIpc) is 2.90. The van der Waals surface area contributed by atoms with Crippen LogP contribution in [0.25, 0.3) is 6.08 Å². The Morgan fingerprint density at radius 1 is 1.20 bits per heavy atom. The number of aryl methyl sites for hydroxylation is 1. The molecule has 0 aromatic heterocycles. The first-order chi connectivity index (χ1) is 9.36. The van der Waals surface area contributed by atoms with Crippen molar-refractivity contribution < 1.29 is 4.65 Å². The van der Waals surface area contributed by atoms with Gasteiger partial charge in [-0.05, 0) is 67.0 Å². The minimum Gasteiger partial charge on any atom is -0.425 e. The molecule has 1 aromatic carbocycles. The average molecular weight is 268 g/mol. The van der Waals surface area contributed by atoms with Crippen LogP contribution in [0.2, 0.25) is 6.32 Å². The molecule has 1 aromatic rings. The van der Waals surface area contributed by atoms with Crippen LogP contribution in [0.5, 0.6) is 0 Å². The normalized spacial score (nSPS) is 22.9. The molecular formula is C18H25BO. The molecule has 0 spiro atoms. The number of benzene rings is 1. The van der Waals surface area contributed by atoms with E-state index in [1.807, 2.05) is 6.08 Å². The molecule has 0 N–H and O–H groups in total. The zero-order valence-electron chi connectivity index (χ0n) is 13.3. The van der Waals surface area contributed by atoms with Crippen molar-refractivity contribution >= 4 is 18.5 Å². The summed E-state index contributed by atoms with van der Waals surface area (Å²) in [4.78, 5) is 0. The molecule has 0 atom stereocenters. The summed E-state index contributed by atoms with van der Waals surface area (Å²) in [6, 6.07) is 4.52. The molecular weight excluding hydrogens is 243 g/mol. The first-order valence-electron chi connectivity index (χ1n) is 7.81. The molecule has 0 radical (unpaired) electrons. The maximum atomic E-state index is 6.47. The van der Waals surface area contributed by atoms with Crippen LogP contribution in [0.4, 0.5) is 0 Å². The first kappa shape index (κ1) is 13.9. The lowest BCUT2D eigenvalue weighted by atomic mass is 9.52. The Bertz CT molecular complexity index is 541. The van der Waals surface area contributed by atoms with E-state index in [1.54, 1.807) is 5.56 Å². The van der Waals surface area contributed by atoms with Gasteiger partial charge in [0.25, 0.3) is 0 Å². The van der Waals surface area contributed by atoms with Crippen LogP contribution in [0.1, 0.15) is 50.8 Å². The van der Waals surface area contributed by atoms with Crippen molar-refractivity contribution in [2.24, 2.45) is 5.41 Å². The number of rotatable bonds is 2. The monoisotopic (exact) mass is 268 g/mol. The van der Waals surface area contributed by atoms with Crippen molar-refractivity contribution in [1.29, 1.82) is 0 Å². The summed E-state index contributed by atoms with van der Waals surface area (Å²) in [6.45, 7) is 13.3. The number of hydrogen-bond donors (Lipinski definition) is 0. The lowest BCUT2D eigenvalue weighted by Gasteiger charge is -2.34. The summed E-state index contributed by atoms with van der Waals surface area (Å²) in [7, 11) is 0. The minimum atomic E-state index is -0.0720. The quantitative estimate of drug-likeness (QED) is 0.740. The van der Waals surface area contributed by atoms with Crippen molar-refractivity contribution in [3.8, 4) is 0 Å². The second-order valence-electron chi connectivity index (χ2n) is 7.47. The maximum Gasteiger partial charge on any atom is 0.328 e. The molecule has 0 unspecified atom stereocenters. The summed E-state index contributed by atoms with van der Waals surface area (Å²) in [5.74, 6) is 0. The topological polar surface area (TPSA) is 9.23 Å². The van der Waals surface area contributed by atoms with Gasteiger partial charge in [-0.15, -0.1) is 0 Å². The van der Waals surface area contributed by atoms with E-state index in [4.69, 9.17) is 4.65 Å².